The predicted molar refractivity (Wildman–Crippen MR) is 156 cm³/mol. The zero-order valence-electron chi connectivity index (χ0n) is 24.8. The summed E-state index contributed by atoms with van der Waals surface area (Å²) in [6.45, 7) is 8.78. The number of carbonyl (C=O) groups is 2. The van der Waals surface area contributed by atoms with Gasteiger partial charge < -0.3 is 24.3 Å². The summed E-state index contributed by atoms with van der Waals surface area (Å²) in [7, 11) is 1.93. The van der Waals surface area contributed by atoms with Gasteiger partial charge in [0.15, 0.2) is 6.29 Å². The molecule has 0 bridgehead atoms. The van der Waals surface area contributed by atoms with Crippen LogP contribution in [0.4, 0.5) is 5.69 Å². The van der Waals surface area contributed by atoms with Gasteiger partial charge in [-0.1, -0.05) is 42.5 Å². The highest BCUT2D eigenvalue weighted by Gasteiger charge is 2.41. The molecule has 2 aromatic rings. The third-order valence-corrected chi connectivity index (χ3v) is 6.60. The van der Waals surface area contributed by atoms with Gasteiger partial charge in [0.2, 0.25) is 0 Å². The molecule has 0 aliphatic carbocycles. The Morgan fingerprint density at radius 2 is 1.62 bits per heavy atom. The van der Waals surface area contributed by atoms with Crippen molar-refractivity contribution in [3.8, 4) is 0 Å². The summed E-state index contributed by atoms with van der Waals surface area (Å²) < 4.78 is 22.8. The summed E-state index contributed by atoms with van der Waals surface area (Å²) in [5, 5.41) is 14.8. The molecule has 2 aromatic carbocycles. The number of rotatable bonds is 15. The number of allylic oxidation sites excluding steroid dienone is 1. The summed E-state index contributed by atoms with van der Waals surface area (Å²) in [6.07, 6.45) is -0.972. The fourth-order valence-corrected chi connectivity index (χ4v) is 4.76. The molecular weight excluding hydrogens is 542 g/mol. The molecule has 1 aliphatic rings. The van der Waals surface area contributed by atoms with Crippen molar-refractivity contribution < 1.29 is 33.5 Å². The van der Waals surface area contributed by atoms with Gasteiger partial charge in [-0.15, -0.1) is 0 Å². The number of ether oxygens (including phenoxy) is 4. The molecule has 1 N–H and O–H groups in total. The van der Waals surface area contributed by atoms with Crippen LogP contribution in [0.5, 0.6) is 0 Å². The van der Waals surface area contributed by atoms with Crippen molar-refractivity contribution in [1.82, 2.24) is 10.2 Å². The van der Waals surface area contributed by atoms with Crippen molar-refractivity contribution >= 4 is 17.6 Å². The summed E-state index contributed by atoms with van der Waals surface area (Å²) >= 11 is 0. The van der Waals surface area contributed by atoms with E-state index < -0.39 is 29.1 Å². The van der Waals surface area contributed by atoms with E-state index in [9.17, 15) is 19.7 Å². The number of non-ortho nitro benzene ring substituents is 1. The Morgan fingerprint density at radius 1 is 0.952 bits per heavy atom. The lowest BCUT2D eigenvalue weighted by atomic mass is 9.80. The number of carbonyl (C=O) groups excluding carboxylic acids is 2. The average molecular weight is 582 g/mol. The van der Waals surface area contributed by atoms with Crippen LogP contribution in [0.3, 0.4) is 0 Å². The molecule has 1 unspecified atom stereocenters. The SMILES string of the molecule is CCOC(=O)C1=C(C(OCC)OCC)NC(C)=C(C(=O)OCCN(C)Cc2ccccc2)C1c1cccc([N+](=O)[O-])c1. The molecule has 0 amide bonds. The Kier molecular flexibility index (Phi) is 12.2. The van der Waals surface area contributed by atoms with Crippen LogP contribution in [-0.4, -0.2) is 68.1 Å². The molecule has 226 valence electrons. The zero-order chi connectivity index (χ0) is 30.6. The number of nitro groups is 1. The van der Waals surface area contributed by atoms with Gasteiger partial charge in [0.1, 0.15) is 6.61 Å². The first-order valence-corrected chi connectivity index (χ1v) is 14.0. The minimum Gasteiger partial charge on any atom is -0.463 e. The number of nitrogens with one attached hydrogen (secondary N) is 1. The normalized spacial score (nSPS) is 15.2. The molecule has 0 spiro atoms. The molecule has 3 rings (SSSR count). The van der Waals surface area contributed by atoms with Crippen LogP contribution in [-0.2, 0) is 35.1 Å². The van der Waals surface area contributed by atoms with Crippen LogP contribution in [0, 0.1) is 10.1 Å². The first kappa shape index (κ1) is 32.5. The van der Waals surface area contributed by atoms with Crippen molar-refractivity contribution in [1.29, 1.82) is 0 Å². The smallest absolute Gasteiger partial charge is 0.336 e. The number of hydrogen-bond acceptors (Lipinski definition) is 10. The molecule has 11 heteroatoms. The van der Waals surface area contributed by atoms with Gasteiger partial charge in [0.25, 0.3) is 5.69 Å². The van der Waals surface area contributed by atoms with E-state index in [1.807, 2.05) is 42.3 Å². The summed E-state index contributed by atoms with van der Waals surface area (Å²) in [4.78, 5) is 40.4. The van der Waals surface area contributed by atoms with E-state index in [1.54, 1.807) is 33.8 Å². The highest BCUT2D eigenvalue weighted by Crippen LogP contribution is 2.41. The second-order valence-electron chi connectivity index (χ2n) is 9.60. The van der Waals surface area contributed by atoms with E-state index in [0.29, 0.717) is 24.4 Å². The lowest BCUT2D eigenvalue weighted by Gasteiger charge is -2.34. The van der Waals surface area contributed by atoms with Gasteiger partial charge in [-0.2, -0.15) is 0 Å². The number of dihydropyridines is 1. The van der Waals surface area contributed by atoms with Crippen LogP contribution in [0.15, 0.2) is 77.1 Å². The second kappa shape index (κ2) is 15.8. The standard InChI is InChI=1S/C31H39N3O8/c1-6-39-30(36)27-26(23-15-12-16-24(19-23)34(37)38)25(21(4)32-28(27)31(40-7-2)41-8-3)29(35)42-18-17-33(5)20-22-13-10-9-11-14-22/h9-16,19,26,31-32H,6-8,17-18,20H2,1-5H3. The highest BCUT2D eigenvalue weighted by atomic mass is 16.7. The van der Waals surface area contributed by atoms with E-state index in [-0.39, 0.29) is 49.0 Å². The fourth-order valence-electron chi connectivity index (χ4n) is 4.76. The van der Waals surface area contributed by atoms with Crippen LogP contribution in [0.1, 0.15) is 44.7 Å². The molecule has 1 heterocycles. The summed E-state index contributed by atoms with van der Waals surface area (Å²) in [6, 6.07) is 15.8. The Morgan fingerprint density at radius 3 is 2.24 bits per heavy atom. The van der Waals surface area contributed by atoms with Crippen LogP contribution in [0.2, 0.25) is 0 Å². The minimum atomic E-state index is -1.04. The largest absolute Gasteiger partial charge is 0.463 e. The highest BCUT2D eigenvalue weighted by molar-refractivity contribution is 6.00. The third-order valence-electron chi connectivity index (χ3n) is 6.60. The van der Waals surface area contributed by atoms with Gasteiger partial charge in [-0.25, -0.2) is 9.59 Å². The molecule has 0 saturated carbocycles. The molecule has 1 atom stereocenters. The number of esters is 2. The monoisotopic (exact) mass is 581 g/mol. The van der Waals surface area contributed by atoms with Crippen LogP contribution < -0.4 is 5.32 Å². The van der Waals surface area contributed by atoms with Crippen molar-refractivity contribution in [2.75, 3.05) is 40.0 Å². The van der Waals surface area contributed by atoms with Gasteiger partial charge in [0.05, 0.1) is 34.3 Å². The van der Waals surface area contributed by atoms with Crippen LogP contribution >= 0.6 is 0 Å². The Bertz CT molecular complexity index is 1300. The molecule has 0 radical (unpaired) electrons. The molecule has 0 saturated heterocycles. The van der Waals surface area contributed by atoms with Crippen molar-refractivity contribution in [2.45, 2.75) is 46.4 Å². The number of benzene rings is 2. The van der Waals surface area contributed by atoms with Gasteiger partial charge in [0, 0.05) is 44.1 Å². The quantitative estimate of drug-likeness (QED) is 0.139. The van der Waals surface area contributed by atoms with Crippen molar-refractivity contribution in [3.05, 3.63) is 98.4 Å². The van der Waals surface area contributed by atoms with Crippen molar-refractivity contribution in [2.24, 2.45) is 0 Å². The Hall–Kier alpha value is -4.06. The minimum absolute atomic E-state index is 0.0583. The average Bonchev–Trinajstić information content (AvgIpc) is 2.97. The Balaban J connectivity index is 2.01. The molecular formula is C31H39N3O8. The maximum absolute atomic E-state index is 13.7. The number of nitrogens with zero attached hydrogens (tertiary/aromatic N) is 2. The Labute approximate surface area is 246 Å². The molecule has 0 fully saturated rings. The van der Waals surface area contributed by atoms with E-state index in [1.165, 1.54) is 18.2 Å². The second-order valence-corrected chi connectivity index (χ2v) is 9.60. The van der Waals surface area contributed by atoms with Crippen molar-refractivity contribution in [3.63, 3.8) is 0 Å². The van der Waals surface area contributed by atoms with Crippen LogP contribution in [0.25, 0.3) is 0 Å². The summed E-state index contributed by atoms with van der Waals surface area (Å²) in [5.74, 6) is -2.41. The predicted octanol–water partition coefficient (Wildman–Crippen LogP) is 4.45. The lowest BCUT2D eigenvalue weighted by molar-refractivity contribution is -0.384. The first-order chi connectivity index (χ1) is 20.2. The van der Waals surface area contributed by atoms with E-state index in [0.717, 1.165) is 5.56 Å². The fraction of sp³-hybridized carbons (Fsp3) is 0.419. The lowest BCUT2D eigenvalue weighted by Crippen LogP contribution is -2.39. The first-order valence-electron chi connectivity index (χ1n) is 14.0. The maximum atomic E-state index is 13.7. The zero-order valence-corrected chi connectivity index (χ0v) is 24.8. The molecule has 1 aliphatic heterocycles. The molecule has 42 heavy (non-hydrogen) atoms. The molecule has 11 nitrogen and oxygen atoms in total. The van der Waals surface area contributed by atoms with Gasteiger partial charge in [-0.3, -0.25) is 15.0 Å². The van der Waals surface area contributed by atoms with E-state index in [4.69, 9.17) is 18.9 Å². The van der Waals surface area contributed by atoms with Gasteiger partial charge >= 0.3 is 11.9 Å². The topological polar surface area (TPSA) is 129 Å². The van der Waals surface area contributed by atoms with E-state index >= 15 is 0 Å². The third kappa shape index (κ3) is 8.25. The summed E-state index contributed by atoms with van der Waals surface area (Å²) in [5.41, 5.74) is 2.16. The maximum Gasteiger partial charge on any atom is 0.336 e. The number of nitro benzene ring substituents is 1. The van der Waals surface area contributed by atoms with Gasteiger partial charge in [-0.05, 0) is 45.9 Å². The number of hydrogen-bond donors (Lipinski definition) is 1. The number of likely N-dealkylation sites (N-methyl/N-ethyl adjacent to an activating group) is 1. The molecule has 0 aromatic heterocycles. The van der Waals surface area contributed by atoms with E-state index in [2.05, 4.69) is 5.32 Å².